The van der Waals surface area contributed by atoms with Crippen LogP contribution in [0.2, 0.25) is 0 Å². The Morgan fingerprint density at radius 3 is 2.93 bits per heavy atom. The van der Waals surface area contributed by atoms with E-state index in [4.69, 9.17) is 4.74 Å². The molecule has 0 amide bonds. The van der Waals surface area contributed by atoms with Gasteiger partial charge in [0.05, 0.1) is 12.8 Å². The summed E-state index contributed by atoms with van der Waals surface area (Å²) in [5.74, 6) is -1.51. The standard InChI is InChI=1S/C8H9FN2O3/c1-5-7(9)8(11-4-10-5)14-3-6(12)13-2/h4H,3H2,1-2H3. The Kier molecular flexibility index (Phi) is 3.33. The molecule has 0 saturated heterocycles. The quantitative estimate of drug-likeness (QED) is 0.664. The van der Waals surface area contributed by atoms with Crippen molar-refractivity contribution in [2.24, 2.45) is 0 Å². The highest BCUT2D eigenvalue weighted by atomic mass is 19.1. The smallest absolute Gasteiger partial charge is 0.343 e. The van der Waals surface area contributed by atoms with Gasteiger partial charge in [-0.2, -0.15) is 9.37 Å². The monoisotopic (exact) mass is 200 g/mol. The fraction of sp³-hybridized carbons (Fsp3) is 0.375. The lowest BCUT2D eigenvalue weighted by Gasteiger charge is -2.04. The summed E-state index contributed by atoms with van der Waals surface area (Å²) >= 11 is 0. The number of nitrogens with zero attached hydrogens (tertiary/aromatic N) is 2. The first-order valence-electron chi connectivity index (χ1n) is 3.82. The molecule has 6 heteroatoms. The number of carbonyl (C=O) groups excluding carboxylic acids is 1. The van der Waals surface area contributed by atoms with Crippen LogP contribution in [0.5, 0.6) is 5.88 Å². The fourth-order valence-corrected chi connectivity index (χ4v) is 0.723. The third-order valence-corrected chi connectivity index (χ3v) is 1.49. The molecule has 0 saturated carbocycles. The van der Waals surface area contributed by atoms with Crippen molar-refractivity contribution in [3.63, 3.8) is 0 Å². The summed E-state index contributed by atoms with van der Waals surface area (Å²) < 4.78 is 22.2. The second-order valence-corrected chi connectivity index (χ2v) is 2.44. The highest BCUT2D eigenvalue weighted by Gasteiger charge is 2.10. The maximum absolute atomic E-state index is 13.2. The number of rotatable bonds is 3. The van der Waals surface area contributed by atoms with E-state index in [1.807, 2.05) is 0 Å². The van der Waals surface area contributed by atoms with E-state index in [9.17, 15) is 9.18 Å². The van der Waals surface area contributed by atoms with Crippen LogP contribution in [0, 0.1) is 12.7 Å². The van der Waals surface area contributed by atoms with Crippen LogP contribution in [0.4, 0.5) is 4.39 Å². The first-order chi connectivity index (χ1) is 6.65. The molecule has 76 valence electrons. The summed E-state index contributed by atoms with van der Waals surface area (Å²) in [7, 11) is 1.22. The van der Waals surface area contributed by atoms with Gasteiger partial charge in [0.25, 0.3) is 5.88 Å². The largest absolute Gasteiger partial charge is 0.466 e. The van der Waals surface area contributed by atoms with Crippen molar-refractivity contribution in [2.75, 3.05) is 13.7 Å². The van der Waals surface area contributed by atoms with Crippen LogP contribution in [0.1, 0.15) is 5.69 Å². The van der Waals surface area contributed by atoms with Crippen LogP contribution in [-0.4, -0.2) is 29.7 Å². The molecule has 14 heavy (non-hydrogen) atoms. The van der Waals surface area contributed by atoms with Gasteiger partial charge in [0.1, 0.15) is 6.33 Å². The molecule has 0 aliphatic carbocycles. The zero-order chi connectivity index (χ0) is 10.6. The Morgan fingerprint density at radius 2 is 2.29 bits per heavy atom. The average Bonchev–Trinajstić information content (AvgIpc) is 2.20. The van der Waals surface area contributed by atoms with Gasteiger partial charge < -0.3 is 9.47 Å². The Labute approximate surface area is 79.9 Å². The van der Waals surface area contributed by atoms with Gasteiger partial charge in [0, 0.05) is 0 Å². The minimum atomic E-state index is -0.670. The summed E-state index contributed by atoms with van der Waals surface area (Å²) in [5.41, 5.74) is 0.167. The molecule has 0 N–H and O–H groups in total. The molecule has 0 aromatic carbocycles. The zero-order valence-electron chi connectivity index (χ0n) is 7.78. The van der Waals surface area contributed by atoms with Crippen LogP contribution in [-0.2, 0) is 9.53 Å². The van der Waals surface area contributed by atoms with Gasteiger partial charge in [-0.1, -0.05) is 0 Å². The Hall–Kier alpha value is -1.72. The number of halogens is 1. The summed E-state index contributed by atoms with van der Waals surface area (Å²) in [6, 6.07) is 0. The molecule has 0 atom stereocenters. The summed E-state index contributed by atoms with van der Waals surface area (Å²) in [6.07, 6.45) is 1.16. The number of aryl methyl sites for hydroxylation is 1. The fourth-order valence-electron chi connectivity index (χ4n) is 0.723. The lowest BCUT2D eigenvalue weighted by Crippen LogP contribution is -2.14. The van der Waals surface area contributed by atoms with Gasteiger partial charge in [-0.15, -0.1) is 0 Å². The molecule has 1 rings (SSSR count). The number of carbonyl (C=O) groups is 1. The zero-order valence-corrected chi connectivity index (χ0v) is 7.78. The number of aromatic nitrogens is 2. The highest BCUT2D eigenvalue weighted by Crippen LogP contribution is 2.13. The van der Waals surface area contributed by atoms with Crippen molar-refractivity contribution in [3.05, 3.63) is 17.8 Å². The molecule has 0 radical (unpaired) electrons. The molecule has 1 heterocycles. The summed E-state index contributed by atoms with van der Waals surface area (Å²) in [4.78, 5) is 17.8. The van der Waals surface area contributed by atoms with Crippen LogP contribution in [0.15, 0.2) is 6.33 Å². The second-order valence-electron chi connectivity index (χ2n) is 2.44. The lowest BCUT2D eigenvalue weighted by atomic mass is 10.4. The predicted molar refractivity (Wildman–Crippen MR) is 44.2 cm³/mol. The van der Waals surface area contributed by atoms with E-state index in [1.165, 1.54) is 14.0 Å². The van der Waals surface area contributed by atoms with Crippen LogP contribution in [0.3, 0.4) is 0 Å². The SMILES string of the molecule is COC(=O)COc1ncnc(C)c1F. The molecule has 1 aromatic heterocycles. The first-order valence-corrected chi connectivity index (χ1v) is 3.82. The van der Waals surface area contributed by atoms with E-state index in [0.29, 0.717) is 0 Å². The van der Waals surface area contributed by atoms with Gasteiger partial charge in [-0.25, -0.2) is 9.78 Å². The van der Waals surface area contributed by atoms with E-state index in [2.05, 4.69) is 14.7 Å². The highest BCUT2D eigenvalue weighted by molar-refractivity contribution is 5.70. The summed E-state index contributed by atoms with van der Waals surface area (Å²) in [5, 5.41) is 0. The van der Waals surface area contributed by atoms with Crippen molar-refractivity contribution in [3.8, 4) is 5.88 Å². The second kappa shape index (κ2) is 4.50. The predicted octanol–water partition coefficient (Wildman–Crippen LogP) is 0.476. The maximum Gasteiger partial charge on any atom is 0.343 e. The van der Waals surface area contributed by atoms with Crippen molar-refractivity contribution < 1.29 is 18.7 Å². The minimum Gasteiger partial charge on any atom is -0.466 e. The van der Waals surface area contributed by atoms with Gasteiger partial charge in [0.15, 0.2) is 6.61 Å². The number of esters is 1. The maximum atomic E-state index is 13.2. The van der Waals surface area contributed by atoms with Gasteiger partial charge in [-0.05, 0) is 6.92 Å². The Bertz CT molecular complexity index is 343. The van der Waals surface area contributed by atoms with Crippen molar-refractivity contribution in [1.29, 1.82) is 0 Å². The number of hydrogen-bond acceptors (Lipinski definition) is 5. The number of hydrogen-bond donors (Lipinski definition) is 0. The molecular formula is C8H9FN2O3. The average molecular weight is 200 g/mol. The van der Waals surface area contributed by atoms with E-state index in [1.54, 1.807) is 0 Å². The minimum absolute atomic E-state index is 0.167. The molecule has 1 aromatic rings. The van der Waals surface area contributed by atoms with Crippen LogP contribution in [0.25, 0.3) is 0 Å². The van der Waals surface area contributed by atoms with Gasteiger partial charge >= 0.3 is 5.97 Å². The molecule has 0 aliphatic heterocycles. The van der Waals surface area contributed by atoms with E-state index < -0.39 is 11.8 Å². The van der Waals surface area contributed by atoms with Gasteiger partial charge in [-0.3, -0.25) is 0 Å². The van der Waals surface area contributed by atoms with Crippen LogP contribution >= 0.6 is 0 Å². The number of methoxy groups -OCH3 is 1. The van der Waals surface area contributed by atoms with Crippen molar-refractivity contribution >= 4 is 5.97 Å². The van der Waals surface area contributed by atoms with Crippen molar-refractivity contribution in [1.82, 2.24) is 9.97 Å². The molecular weight excluding hydrogens is 191 g/mol. The van der Waals surface area contributed by atoms with E-state index >= 15 is 0 Å². The van der Waals surface area contributed by atoms with Gasteiger partial charge in [0.2, 0.25) is 5.82 Å². The third kappa shape index (κ3) is 2.38. The lowest BCUT2D eigenvalue weighted by molar-refractivity contribution is -0.143. The first kappa shape index (κ1) is 10.4. The third-order valence-electron chi connectivity index (χ3n) is 1.49. The van der Waals surface area contributed by atoms with Crippen LogP contribution < -0.4 is 4.74 Å². The molecule has 5 nitrogen and oxygen atoms in total. The Morgan fingerprint density at radius 1 is 1.57 bits per heavy atom. The Balaban J connectivity index is 2.68. The molecule has 0 bridgehead atoms. The normalized spacial score (nSPS) is 9.64. The molecule has 0 unspecified atom stereocenters. The number of ether oxygens (including phenoxy) is 2. The van der Waals surface area contributed by atoms with E-state index in [0.717, 1.165) is 6.33 Å². The van der Waals surface area contributed by atoms with Crippen molar-refractivity contribution in [2.45, 2.75) is 6.92 Å². The molecule has 0 spiro atoms. The topological polar surface area (TPSA) is 61.3 Å². The van der Waals surface area contributed by atoms with E-state index in [-0.39, 0.29) is 18.2 Å². The molecule has 0 aliphatic rings. The summed E-state index contributed by atoms with van der Waals surface area (Å²) in [6.45, 7) is 1.10. The molecule has 0 fully saturated rings.